The third-order valence-corrected chi connectivity index (χ3v) is 7.70. The van der Waals surface area contributed by atoms with E-state index in [0.29, 0.717) is 22.4 Å². The van der Waals surface area contributed by atoms with Gasteiger partial charge in [-0.1, -0.05) is 72.8 Å². The van der Waals surface area contributed by atoms with Gasteiger partial charge in [-0.15, -0.1) is 0 Å². The molecular formula is C38H32F3N3O5. The lowest BCUT2D eigenvalue weighted by molar-refractivity contribution is -0.137. The first-order valence-corrected chi connectivity index (χ1v) is 15.1. The standard InChI is InChI=1S/C38H32F3N3O5/c1-48-29-19-12-24(13-20-29)23-42-37(47)34(26-8-4-3-5-9-26)44-35(45)27-16-21-32(33(22-27)49-2)43-36(46)31-11-7-6-10-30(31)25-14-17-28(18-15-25)38(39,40)41/h3-22,34H,23H2,1-2H3,(H,42,47)(H,43,46)(H,44,45). The minimum atomic E-state index is -4.48. The van der Waals surface area contributed by atoms with E-state index in [0.717, 1.165) is 17.7 Å². The van der Waals surface area contributed by atoms with Gasteiger partial charge in [0.15, 0.2) is 0 Å². The van der Waals surface area contributed by atoms with Gasteiger partial charge in [-0.25, -0.2) is 0 Å². The van der Waals surface area contributed by atoms with Crippen LogP contribution in [0.1, 0.15) is 43.4 Å². The van der Waals surface area contributed by atoms with E-state index >= 15 is 0 Å². The largest absolute Gasteiger partial charge is 0.497 e. The first kappa shape index (κ1) is 34.2. The maximum absolute atomic E-state index is 13.5. The van der Waals surface area contributed by atoms with Crippen molar-refractivity contribution >= 4 is 23.4 Å². The number of methoxy groups -OCH3 is 2. The Morgan fingerprint density at radius 1 is 0.735 bits per heavy atom. The number of halogens is 3. The fourth-order valence-corrected chi connectivity index (χ4v) is 5.09. The van der Waals surface area contributed by atoms with Crippen molar-refractivity contribution in [3.63, 3.8) is 0 Å². The molecule has 0 saturated carbocycles. The van der Waals surface area contributed by atoms with Crippen LogP contribution in [-0.2, 0) is 17.5 Å². The van der Waals surface area contributed by atoms with E-state index in [2.05, 4.69) is 16.0 Å². The quantitative estimate of drug-likeness (QED) is 0.136. The minimum Gasteiger partial charge on any atom is -0.497 e. The van der Waals surface area contributed by atoms with Crippen molar-refractivity contribution < 1.29 is 37.0 Å². The Morgan fingerprint density at radius 3 is 2.06 bits per heavy atom. The van der Waals surface area contributed by atoms with Crippen LogP contribution in [0.15, 0.2) is 121 Å². The van der Waals surface area contributed by atoms with Crippen LogP contribution in [-0.4, -0.2) is 31.9 Å². The molecule has 11 heteroatoms. The van der Waals surface area contributed by atoms with E-state index in [1.54, 1.807) is 73.8 Å². The molecule has 5 aromatic rings. The minimum absolute atomic E-state index is 0.170. The Kier molecular flexibility index (Phi) is 10.6. The number of amides is 3. The van der Waals surface area contributed by atoms with Crippen molar-refractivity contribution in [3.8, 4) is 22.6 Å². The molecule has 0 aliphatic rings. The molecule has 0 fully saturated rings. The van der Waals surface area contributed by atoms with Crippen molar-refractivity contribution in [2.24, 2.45) is 0 Å². The van der Waals surface area contributed by atoms with Crippen LogP contribution in [0.3, 0.4) is 0 Å². The van der Waals surface area contributed by atoms with Crippen LogP contribution in [0.4, 0.5) is 18.9 Å². The second kappa shape index (κ2) is 15.2. The number of nitrogens with one attached hydrogen (secondary N) is 3. The molecule has 0 aromatic heterocycles. The molecule has 0 aliphatic carbocycles. The number of rotatable bonds is 11. The highest BCUT2D eigenvalue weighted by atomic mass is 19.4. The van der Waals surface area contributed by atoms with E-state index < -0.39 is 35.5 Å². The topological polar surface area (TPSA) is 106 Å². The van der Waals surface area contributed by atoms with E-state index in [-0.39, 0.29) is 29.1 Å². The first-order valence-electron chi connectivity index (χ1n) is 15.1. The Labute approximate surface area is 280 Å². The summed E-state index contributed by atoms with van der Waals surface area (Å²) >= 11 is 0. The average Bonchev–Trinajstić information content (AvgIpc) is 3.13. The van der Waals surface area contributed by atoms with Gasteiger partial charge in [0.1, 0.15) is 17.5 Å². The molecule has 0 heterocycles. The summed E-state index contributed by atoms with van der Waals surface area (Å²) in [6.07, 6.45) is -4.48. The van der Waals surface area contributed by atoms with Gasteiger partial charge in [0.25, 0.3) is 11.8 Å². The van der Waals surface area contributed by atoms with E-state index in [1.165, 1.54) is 37.4 Å². The Hall–Kier alpha value is -6.10. The fourth-order valence-electron chi connectivity index (χ4n) is 5.09. The van der Waals surface area contributed by atoms with Crippen molar-refractivity contribution in [2.75, 3.05) is 19.5 Å². The number of carbonyl (C=O) groups is 3. The fraction of sp³-hybridized carbons (Fsp3) is 0.132. The number of hydrogen-bond acceptors (Lipinski definition) is 5. The second-order valence-electron chi connectivity index (χ2n) is 10.9. The van der Waals surface area contributed by atoms with Crippen molar-refractivity contribution in [1.82, 2.24) is 10.6 Å². The second-order valence-corrected chi connectivity index (χ2v) is 10.9. The summed E-state index contributed by atoms with van der Waals surface area (Å²) in [5.74, 6) is -0.652. The summed E-state index contributed by atoms with van der Waals surface area (Å²) in [6, 6.07) is 30.5. The highest BCUT2D eigenvalue weighted by Gasteiger charge is 2.30. The molecule has 1 unspecified atom stereocenters. The number of benzene rings is 5. The van der Waals surface area contributed by atoms with Crippen molar-refractivity contribution in [3.05, 3.63) is 149 Å². The normalized spacial score (nSPS) is 11.6. The number of anilines is 1. The van der Waals surface area contributed by atoms with Crippen LogP contribution >= 0.6 is 0 Å². The van der Waals surface area contributed by atoms with Gasteiger partial charge in [0.05, 0.1) is 25.5 Å². The molecule has 0 saturated heterocycles. The molecule has 8 nitrogen and oxygen atoms in total. The van der Waals surface area contributed by atoms with E-state index in [4.69, 9.17) is 9.47 Å². The molecule has 0 spiro atoms. The van der Waals surface area contributed by atoms with Gasteiger partial charge < -0.3 is 25.4 Å². The monoisotopic (exact) mass is 667 g/mol. The predicted molar refractivity (Wildman–Crippen MR) is 179 cm³/mol. The summed E-state index contributed by atoms with van der Waals surface area (Å²) in [6.45, 7) is 0.228. The number of ether oxygens (including phenoxy) is 2. The molecule has 0 aliphatic heterocycles. The van der Waals surface area contributed by atoms with Gasteiger partial charge in [-0.3, -0.25) is 14.4 Å². The third kappa shape index (κ3) is 8.44. The number of carbonyl (C=O) groups excluding carboxylic acids is 3. The Bertz CT molecular complexity index is 1930. The summed E-state index contributed by atoms with van der Waals surface area (Å²) in [4.78, 5) is 40.2. The molecule has 250 valence electrons. The Balaban J connectivity index is 1.32. The predicted octanol–water partition coefficient (Wildman–Crippen LogP) is 7.43. The van der Waals surface area contributed by atoms with Crippen LogP contribution in [0.2, 0.25) is 0 Å². The van der Waals surface area contributed by atoms with Gasteiger partial charge in [0.2, 0.25) is 5.91 Å². The van der Waals surface area contributed by atoms with Crippen molar-refractivity contribution in [2.45, 2.75) is 18.8 Å². The summed E-state index contributed by atoms with van der Waals surface area (Å²) in [5, 5.41) is 8.43. The Morgan fingerprint density at radius 2 is 1.41 bits per heavy atom. The van der Waals surface area contributed by atoms with Crippen LogP contribution < -0.4 is 25.4 Å². The summed E-state index contributed by atoms with van der Waals surface area (Å²) in [5.41, 5.74) is 2.13. The SMILES string of the molecule is COc1ccc(CNC(=O)C(NC(=O)c2ccc(NC(=O)c3ccccc3-c3ccc(C(F)(F)F)cc3)c(OC)c2)c2ccccc2)cc1. The molecule has 3 amide bonds. The molecular weight excluding hydrogens is 635 g/mol. The lowest BCUT2D eigenvalue weighted by Crippen LogP contribution is -2.40. The molecule has 3 N–H and O–H groups in total. The van der Waals surface area contributed by atoms with Crippen LogP contribution in [0, 0.1) is 0 Å². The van der Waals surface area contributed by atoms with Gasteiger partial charge in [-0.2, -0.15) is 13.2 Å². The molecule has 5 aromatic carbocycles. The molecule has 49 heavy (non-hydrogen) atoms. The van der Waals surface area contributed by atoms with Crippen LogP contribution in [0.5, 0.6) is 11.5 Å². The zero-order chi connectivity index (χ0) is 35.0. The van der Waals surface area contributed by atoms with Gasteiger partial charge in [0, 0.05) is 17.7 Å². The zero-order valence-electron chi connectivity index (χ0n) is 26.5. The molecule has 0 radical (unpaired) electrons. The number of hydrogen-bond donors (Lipinski definition) is 3. The lowest BCUT2D eigenvalue weighted by Gasteiger charge is -2.20. The highest BCUT2D eigenvalue weighted by Crippen LogP contribution is 2.33. The maximum Gasteiger partial charge on any atom is 0.416 e. The smallest absolute Gasteiger partial charge is 0.416 e. The molecule has 5 rings (SSSR count). The van der Waals surface area contributed by atoms with E-state index in [9.17, 15) is 27.6 Å². The lowest BCUT2D eigenvalue weighted by atomic mass is 9.98. The maximum atomic E-state index is 13.5. The highest BCUT2D eigenvalue weighted by molar-refractivity contribution is 6.09. The molecule has 0 bridgehead atoms. The van der Waals surface area contributed by atoms with E-state index in [1.807, 2.05) is 12.1 Å². The van der Waals surface area contributed by atoms with Crippen molar-refractivity contribution in [1.29, 1.82) is 0 Å². The van der Waals surface area contributed by atoms with Gasteiger partial charge >= 0.3 is 6.18 Å². The number of alkyl halides is 3. The summed E-state index contributed by atoms with van der Waals surface area (Å²) in [7, 11) is 2.95. The van der Waals surface area contributed by atoms with Gasteiger partial charge in [-0.05, 0) is 70.8 Å². The third-order valence-electron chi connectivity index (χ3n) is 7.70. The molecule has 1 atom stereocenters. The summed E-state index contributed by atoms with van der Waals surface area (Å²) < 4.78 is 49.9. The zero-order valence-corrected chi connectivity index (χ0v) is 26.5. The van der Waals surface area contributed by atoms with Crippen LogP contribution in [0.25, 0.3) is 11.1 Å². The average molecular weight is 668 g/mol. The first-order chi connectivity index (χ1) is 23.6.